The minimum absolute atomic E-state index is 0.272. The first-order valence-electron chi connectivity index (χ1n) is 6.27. The summed E-state index contributed by atoms with van der Waals surface area (Å²) in [6, 6.07) is 1.58. The highest BCUT2D eigenvalue weighted by atomic mass is 16.1. The van der Waals surface area contributed by atoms with E-state index in [9.17, 15) is 4.79 Å². The van der Waals surface area contributed by atoms with Crippen LogP contribution in [0.25, 0.3) is 5.78 Å². The number of hydrogen-bond donors (Lipinski definition) is 2. The number of aromatic nitrogens is 3. The van der Waals surface area contributed by atoms with Gasteiger partial charge in [-0.2, -0.15) is 0 Å². The molecular formula is C12H16N6O. The number of rotatable bonds is 3. The number of carbonyl (C=O) groups excluding carboxylic acids is 1. The normalized spacial score (nSPS) is 20.7. The maximum atomic E-state index is 11.4. The first-order chi connectivity index (χ1) is 9.24. The Morgan fingerprint density at radius 1 is 1.58 bits per heavy atom. The van der Waals surface area contributed by atoms with Crippen LogP contribution >= 0.6 is 0 Å². The lowest BCUT2D eigenvalue weighted by atomic mass is 10.1. The van der Waals surface area contributed by atoms with E-state index >= 15 is 0 Å². The summed E-state index contributed by atoms with van der Waals surface area (Å²) in [7, 11) is 0. The number of nitrogens with zero attached hydrogens (tertiary/aromatic N) is 4. The molecule has 0 radical (unpaired) electrons. The molecule has 19 heavy (non-hydrogen) atoms. The van der Waals surface area contributed by atoms with Crippen LogP contribution in [0.3, 0.4) is 0 Å². The molecule has 100 valence electrons. The van der Waals surface area contributed by atoms with E-state index in [0.717, 1.165) is 18.8 Å². The zero-order valence-corrected chi connectivity index (χ0v) is 10.5. The van der Waals surface area contributed by atoms with Gasteiger partial charge in [-0.25, -0.2) is 9.97 Å². The SMILES string of the molecule is NC(=O)C1CNCCN1Cc1cn2cccnc2n1. The van der Waals surface area contributed by atoms with Crippen LogP contribution < -0.4 is 11.1 Å². The third-order valence-corrected chi connectivity index (χ3v) is 3.33. The summed E-state index contributed by atoms with van der Waals surface area (Å²) in [5.41, 5.74) is 6.32. The van der Waals surface area contributed by atoms with Crippen molar-refractivity contribution < 1.29 is 4.79 Å². The van der Waals surface area contributed by atoms with Crippen LogP contribution in [0.1, 0.15) is 5.69 Å². The Morgan fingerprint density at radius 2 is 2.47 bits per heavy atom. The van der Waals surface area contributed by atoms with E-state index in [-0.39, 0.29) is 11.9 Å². The largest absolute Gasteiger partial charge is 0.368 e. The summed E-state index contributed by atoms with van der Waals surface area (Å²) in [6.45, 7) is 2.85. The fourth-order valence-electron chi connectivity index (χ4n) is 2.38. The summed E-state index contributed by atoms with van der Waals surface area (Å²) in [6.07, 6.45) is 5.55. The summed E-state index contributed by atoms with van der Waals surface area (Å²) in [5.74, 6) is 0.373. The van der Waals surface area contributed by atoms with E-state index in [4.69, 9.17) is 5.73 Å². The minimum atomic E-state index is -0.297. The Kier molecular flexibility index (Phi) is 3.14. The second-order valence-corrected chi connectivity index (χ2v) is 4.65. The molecule has 7 heteroatoms. The van der Waals surface area contributed by atoms with Crippen LogP contribution in [0.4, 0.5) is 0 Å². The predicted molar refractivity (Wildman–Crippen MR) is 69.2 cm³/mol. The van der Waals surface area contributed by atoms with E-state index in [1.165, 1.54) is 0 Å². The topological polar surface area (TPSA) is 88.6 Å². The van der Waals surface area contributed by atoms with Gasteiger partial charge in [-0.3, -0.25) is 14.1 Å². The Bertz CT molecular complexity index is 562. The second kappa shape index (κ2) is 4.94. The number of imidazole rings is 1. The van der Waals surface area contributed by atoms with Crippen molar-refractivity contribution in [2.75, 3.05) is 19.6 Å². The molecular weight excluding hydrogens is 244 g/mol. The highest BCUT2D eigenvalue weighted by Crippen LogP contribution is 2.10. The third kappa shape index (κ3) is 2.42. The van der Waals surface area contributed by atoms with E-state index in [0.29, 0.717) is 18.9 Å². The van der Waals surface area contributed by atoms with Gasteiger partial charge in [0.2, 0.25) is 11.7 Å². The highest BCUT2D eigenvalue weighted by Gasteiger charge is 2.27. The summed E-state index contributed by atoms with van der Waals surface area (Å²) >= 11 is 0. The molecule has 3 rings (SSSR count). The molecule has 3 N–H and O–H groups in total. The summed E-state index contributed by atoms with van der Waals surface area (Å²) < 4.78 is 1.87. The van der Waals surface area contributed by atoms with Crippen molar-refractivity contribution in [2.45, 2.75) is 12.6 Å². The quantitative estimate of drug-likeness (QED) is 0.738. The zero-order chi connectivity index (χ0) is 13.2. The first kappa shape index (κ1) is 12.1. The Hall–Kier alpha value is -1.99. The van der Waals surface area contributed by atoms with Crippen molar-refractivity contribution in [2.24, 2.45) is 5.73 Å². The standard InChI is InChI=1S/C12H16N6O/c13-11(19)10-6-14-3-5-17(10)7-9-8-18-4-1-2-15-12(18)16-9/h1-2,4,8,10,14H,3,5-7H2,(H2,13,19). The van der Waals surface area contributed by atoms with E-state index in [1.807, 2.05) is 22.9 Å². The Labute approximate surface area is 110 Å². The van der Waals surface area contributed by atoms with Gasteiger partial charge in [-0.1, -0.05) is 0 Å². The number of fused-ring (bicyclic) bond motifs is 1. The Morgan fingerprint density at radius 3 is 3.26 bits per heavy atom. The van der Waals surface area contributed by atoms with Crippen LogP contribution in [-0.4, -0.2) is 50.9 Å². The minimum Gasteiger partial charge on any atom is -0.368 e. The third-order valence-electron chi connectivity index (χ3n) is 3.33. The summed E-state index contributed by atoms with van der Waals surface area (Å²) in [5, 5.41) is 3.18. The molecule has 1 amide bonds. The highest BCUT2D eigenvalue weighted by molar-refractivity contribution is 5.80. The molecule has 0 saturated carbocycles. The van der Waals surface area contributed by atoms with Gasteiger partial charge in [0.05, 0.1) is 5.69 Å². The maximum absolute atomic E-state index is 11.4. The van der Waals surface area contributed by atoms with Crippen LogP contribution in [0.5, 0.6) is 0 Å². The van der Waals surface area contributed by atoms with E-state index in [1.54, 1.807) is 6.20 Å². The van der Waals surface area contributed by atoms with Gasteiger partial charge >= 0.3 is 0 Å². The molecule has 0 aliphatic carbocycles. The number of piperazine rings is 1. The monoisotopic (exact) mass is 260 g/mol. The van der Waals surface area contributed by atoms with Gasteiger partial charge < -0.3 is 11.1 Å². The lowest BCUT2D eigenvalue weighted by Crippen LogP contribution is -2.56. The molecule has 0 spiro atoms. The number of carbonyl (C=O) groups is 1. The molecule has 3 heterocycles. The smallest absolute Gasteiger partial charge is 0.236 e. The lowest BCUT2D eigenvalue weighted by Gasteiger charge is -2.33. The van der Waals surface area contributed by atoms with Crippen LogP contribution in [0, 0.1) is 0 Å². The molecule has 0 aromatic carbocycles. The van der Waals surface area contributed by atoms with Gasteiger partial charge in [-0.05, 0) is 6.07 Å². The molecule has 1 unspecified atom stereocenters. The number of nitrogens with one attached hydrogen (secondary N) is 1. The maximum Gasteiger partial charge on any atom is 0.236 e. The molecule has 1 fully saturated rings. The zero-order valence-electron chi connectivity index (χ0n) is 10.5. The number of primary amides is 1. The van der Waals surface area contributed by atoms with Crippen molar-refractivity contribution >= 4 is 11.7 Å². The predicted octanol–water partition coefficient (Wildman–Crippen LogP) is -1.01. The molecule has 2 aromatic heterocycles. The van der Waals surface area contributed by atoms with Crippen LogP contribution in [0.15, 0.2) is 24.7 Å². The second-order valence-electron chi connectivity index (χ2n) is 4.65. The Balaban J connectivity index is 1.80. The van der Waals surface area contributed by atoms with Crippen molar-refractivity contribution in [3.63, 3.8) is 0 Å². The van der Waals surface area contributed by atoms with Crippen LogP contribution in [-0.2, 0) is 11.3 Å². The van der Waals surface area contributed by atoms with Gasteiger partial charge in [0.1, 0.15) is 6.04 Å². The number of amides is 1. The van der Waals surface area contributed by atoms with Gasteiger partial charge in [0, 0.05) is 44.8 Å². The van der Waals surface area contributed by atoms with Gasteiger partial charge in [0.25, 0.3) is 0 Å². The molecule has 1 aliphatic rings. The average Bonchev–Trinajstić information content (AvgIpc) is 2.81. The first-order valence-corrected chi connectivity index (χ1v) is 6.27. The molecule has 1 saturated heterocycles. The van der Waals surface area contributed by atoms with Gasteiger partial charge in [-0.15, -0.1) is 0 Å². The molecule has 0 bridgehead atoms. The summed E-state index contributed by atoms with van der Waals surface area (Å²) in [4.78, 5) is 22.1. The molecule has 7 nitrogen and oxygen atoms in total. The van der Waals surface area contributed by atoms with E-state index < -0.39 is 0 Å². The average molecular weight is 260 g/mol. The molecule has 1 aliphatic heterocycles. The van der Waals surface area contributed by atoms with Crippen molar-refractivity contribution in [1.29, 1.82) is 0 Å². The van der Waals surface area contributed by atoms with Crippen LogP contribution in [0.2, 0.25) is 0 Å². The van der Waals surface area contributed by atoms with Crippen molar-refractivity contribution in [3.8, 4) is 0 Å². The molecule has 1 atom stereocenters. The van der Waals surface area contributed by atoms with E-state index in [2.05, 4.69) is 20.2 Å². The van der Waals surface area contributed by atoms with Gasteiger partial charge in [0.15, 0.2) is 0 Å². The fourth-order valence-corrected chi connectivity index (χ4v) is 2.38. The van der Waals surface area contributed by atoms with Crippen molar-refractivity contribution in [1.82, 2.24) is 24.6 Å². The lowest BCUT2D eigenvalue weighted by molar-refractivity contribution is -0.124. The number of nitrogens with two attached hydrogens (primary N) is 1. The number of hydrogen-bond acceptors (Lipinski definition) is 5. The fraction of sp³-hybridized carbons (Fsp3) is 0.417. The van der Waals surface area contributed by atoms with Crippen molar-refractivity contribution in [3.05, 3.63) is 30.4 Å². The molecule has 2 aromatic rings.